The minimum atomic E-state index is -0.931. The van der Waals surface area contributed by atoms with E-state index in [9.17, 15) is 4.39 Å². The average molecular weight is 197 g/mol. The summed E-state index contributed by atoms with van der Waals surface area (Å²) in [4.78, 5) is 0. The Hall–Kier alpha value is -0.900. The fraction of sp³-hybridized carbons (Fsp3) is 0.700. The predicted molar refractivity (Wildman–Crippen MR) is 52.9 cm³/mol. The summed E-state index contributed by atoms with van der Waals surface area (Å²) in [5, 5.41) is 7.50. The first-order chi connectivity index (χ1) is 6.79. The highest BCUT2D eigenvalue weighted by Gasteiger charge is 2.19. The van der Waals surface area contributed by atoms with Crippen molar-refractivity contribution in [1.82, 2.24) is 15.1 Å². The van der Waals surface area contributed by atoms with Gasteiger partial charge in [0, 0.05) is 12.7 Å². The SMILES string of the molecule is CC(F)c1ccnn1C1CCCNC1. The third kappa shape index (κ3) is 1.80. The molecule has 1 aromatic heterocycles. The second-order valence-corrected chi connectivity index (χ2v) is 3.82. The lowest BCUT2D eigenvalue weighted by molar-refractivity contribution is 0.296. The molecule has 1 aliphatic rings. The number of piperidine rings is 1. The van der Waals surface area contributed by atoms with Crippen molar-refractivity contribution in [2.45, 2.75) is 32.0 Å². The fourth-order valence-electron chi connectivity index (χ4n) is 1.99. The highest BCUT2D eigenvalue weighted by molar-refractivity contribution is 5.05. The van der Waals surface area contributed by atoms with Crippen LogP contribution in [-0.2, 0) is 0 Å². The zero-order valence-electron chi connectivity index (χ0n) is 8.41. The molecule has 1 aliphatic heterocycles. The number of halogens is 1. The largest absolute Gasteiger partial charge is 0.315 e. The number of nitrogens with zero attached hydrogens (tertiary/aromatic N) is 2. The Labute approximate surface area is 83.3 Å². The summed E-state index contributed by atoms with van der Waals surface area (Å²) in [6.45, 7) is 3.53. The van der Waals surface area contributed by atoms with Crippen LogP contribution in [-0.4, -0.2) is 22.9 Å². The Bertz CT molecular complexity index is 289. The van der Waals surface area contributed by atoms with Crippen LogP contribution in [0.15, 0.2) is 12.3 Å². The van der Waals surface area contributed by atoms with Gasteiger partial charge in [0.25, 0.3) is 0 Å². The smallest absolute Gasteiger partial charge is 0.139 e. The second-order valence-electron chi connectivity index (χ2n) is 3.82. The molecule has 1 aromatic rings. The summed E-state index contributed by atoms with van der Waals surface area (Å²) in [5.41, 5.74) is 0.693. The summed E-state index contributed by atoms with van der Waals surface area (Å²) in [5.74, 6) is 0. The summed E-state index contributed by atoms with van der Waals surface area (Å²) in [7, 11) is 0. The van der Waals surface area contributed by atoms with Gasteiger partial charge in [-0.25, -0.2) is 4.39 Å². The maximum Gasteiger partial charge on any atom is 0.139 e. The molecule has 2 rings (SSSR count). The molecular weight excluding hydrogens is 181 g/mol. The van der Waals surface area contributed by atoms with Crippen molar-refractivity contribution < 1.29 is 4.39 Å². The lowest BCUT2D eigenvalue weighted by Crippen LogP contribution is -2.32. The topological polar surface area (TPSA) is 29.9 Å². The van der Waals surface area contributed by atoms with Gasteiger partial charge in [0.2, 0.25) is 0 Å². The van der Waals surface area contributed by atoms with Crippen LogP contribution in [0.5, 0.6) is 0 Å². The number of aromatic nitrogens is 2. The Morgan fingerprint density at radius 2 is 2.57 bits per heavy atom. The number of hydrogen-bond acceptors (Lipinski definition) is 2. The van der Waals surface area contributed by atoms with E-state index in [4.69, 9.17) is 0 Å². The van der Waals surface area contributed by atoms with Crippen LogP contribution in [0.4, 0.5) is 4.39 Å². The normalized spacial score (nSPS) is 24.9. The molecule has 2 unspecified atom stereocenters. The Morgan fingerprint density at radius 1 is 1.71 bits per heavy atom. The third-order valence-corrected chi connectivity index (χ3v) is 2.73. The minimum Gasteiger partial charge on any atom is -0.315 e. The van der Waals surface area contributed by atoms with Gasteiger partial charge >= 0.3 is 0 Å². The highest BCUT2D eigenvalue weighted by Crippen LogP contribution is 2.23. The van der Waals surface area contributed by atoms with Crippen LogP contribution in [0, 0.1) is 0 Å². The van der Waals surface area contributed by atoms with E-state index in [1.54, 1.807) is 19.2 Å². The molecule has 0 aromatic carbocycles. The van der Waals surface area contributed by atoms with E-state index in [1.165, 1.54) is 0 Å². The van der Waals surface area contributed by atoms with Crippen LogP contribution in [0.25, 0.3) is 0 Å². The summed E-state index contributed by atoms with van der Waals surface area (Å²) >= 11 is 0. The Balaban J connectivity index is 2.17. The fourth-order valence-corrected chi connectivity index (χ4v) is 1.99. The van der Waals surface area contributed by atoms with Gasteiger partial charge in [-0.2, -0.15) is 5.10 Å². The molecule has 0 aliphatic carbocycles. The van der Waals surface area contributed by atoms with Gasteiger partial charge in [-0.1, -0.05) is 0 Å². The van der Waals surface area contributed by atoms with E-state index in [2.05, 4.69) is 10.4 Å². The second kappa shape index (κ2) is 4.09. The Kier molecular flexibility index (Phi) is 2.82. The predicted octanol–water partition coefficient (Wildman–Crippen LogP) is 1.84. The van der Waals surface area contributed by atoms with Crippen molar-refractivity contribution in [3.63, 3.8) is 0 Å². The van der Waals surface area contributed by atoms with Crippen LogP contribution < -0.4 is 5.32 Å². The van der Waals surface area contributed by atoms with Crippen LogP contribution in [0.1, 0.15) is 37.7 Å². The molecule has 0 radical (unpaired) electrons. The Morgan fingerprint density at radius 3 is 3.21 bits per heavy atom. The molecule has 1 N–H and O–H groups in total. The molecule has 1 saturated heterocycles. The van der Waals surface area contributed by atoms with Crippen LogP contribution in [0.3, 0.4) is 0 Å². The van der Waals surface area contributed by atoms with Gasteiger partial charge in [-0.05, 0) is 32.4 Å². The first-order valence-corrected chi connectivity index (χ1v) is 5.17. The summed E-state index contributed by atoms with van der Waals surface area (Å²) in [6.07, 6.45) is 2.98. The monoisotopic (exact) mass is 197 g/mol. The zero-order chi connectivity index (χ0) is 9.97. The van der Waals surface area contributed by atoms with Gasteiger partial charge in [0.05, 0.1) is 11.7 Å². The van der Waals surface area contributed by atoms with E-state index in [0.717, 1.165) is 25.9 Å². The number of rotatable bonds is 2. The van der Waals surface area contributed by atoms with E-state index >= 15 is 0 Å². The molecule has 4 heteroatoms. The van der Waals surface area contributed by atoms with Gasteiger partial charge in [-0.15, -0.1) is 0 Å². The quantitative estimate of drug-likeness (QED) is 0.784. The molecular formula is C10H16FN3. The average Bonchev–Trinajstić information content (AvgIpc) is 2.67. The van der Waals surface area contributed by atoms with E-state index in [1.807, 2.05) is 4.68 Å². The summed E-state index contributed by atoms with van der Waals surface area (Å²) in [6, 6.07) is 2.09. The molecule has 1 fully saturated rings. The van der Waals surface area contributed by atoms with E-state index in [-0.39, 0.29) is 0 Å². The van der Waals surface area contributed by atoms with Crippen molar-refractivity contribution in [1.29, 1.82) is 0 Å². The molecule has 0 amide bonds. The van der Waals surface area contributed by atoms with Crippen molar-refractivity contribution in [3.05, 3.63) is 18.0 Å². The third-order valence-electron chi connectivity index (χ3n) is 2.73. The summed E-state index contributed by atoms with van der Waals surface area (Å²) < 4.78 is 15.0. The van der Waals surface area contributed by atoms with E-state index in [0.29, 0.717) is 11.7 Å². The molecule has 2 heterocycles. The molecule has 0 bridgehead atoms. The highest BCUT2D eigenvalue weighted by atomic mass is 19.1. The molecule has 2 atom stereocenters. The first kappa shape index (κ1) is 9.65. The van der Waals surface area contributed by atoms with Crippen LogP contribution in [0.2, 0.25) is 0 Å². The lowest BCUT2D eigenvalue weighted by atomic mass is 10.1. The van der Waals surface area contributed by atoms with Gasteiger partial charge < -0.3 is 5.32 Å². The first-order valence-electron chi connectivity index (χ1n) is 5.17. The van der Waals surface area contributed by atoms with Crippen LogP contribution >= 0.6 is 0 Å². The van der Waals surface area contributed by atoms with Gasteiger partial charge in [0.15, 0.2) is 0 Å². The molecule has 3 nitrogen and oxygen atoms in total. The number of alkyl halides is 1. The maximum absolute atomic E-state index is 13.2. The zero-order valence-corrected chi connectivity index (χ0v) is 8.41. The number of hydrogen-bond donors (Lipinski definition) is 1. The molecule has 0 saturated carbocycles. The molecule has 78 valence electrons. The van der Waals surface area contributed by atoms with Gasteiger partial charge in [-0.3, -0.25) is 4.68 Å². The molecule has 14 heavy (non-hydrogen) atoms. The minimum absolute atomic E-state index is 0.326. The van der Waals surface area contributed by atoms with Crippen molar-refractivity contribution >= 4 is 0 Å². The van der Waals surface area contributed by atoms with Crippen molar-refractivity contribution in [2.75, 3.05) is 13.1 Å². The van der Waals surface area contributed by atoms with Crippen molar-refractivity contribution in [2.24, 2.45) is 0 Å². The van der Waals surface area contributed by atoms with Crippen molar-refractivity contribution in [3.8, 4) is 0 Å². The maximum atomic E-state index is 13.2. The van der Waals surface area contributed by atoms with E-state index < -0.39 is 6.17 Å². The van der Waals surface area contributed by atoms with Gasteiger partial charge in [0.1, 0.15) is 6.17 Å². The lowest BCUT2D eigenvalue weighted by Gasteiger charge is -2.25. The number of nitrogens with one attached hydrogen (secondary N) is 1. The molecule has 0 spiro atoms. The standard InChI is InChI=1S/C10H16FN3/c1-8(11)10-4-6-13-14(10)9-3-2-5-12-7-9/h4,6,8-9,12H,2-3,5,7H2,1H3.